The van der Waals surface area contributed by atoms with E-state index in [0.29, 0.717) is 6.42 Å². The molecule has 0 bridgehead atoms. The predicted molar refractivity (Wildman–Crippen MR) is 114 cm³/mol. The molecule has 28 heavy (non-hydrogen) atoms. The zero-order valence-corrected chi connectivity index (χ0v) is 19.1. The number of aliphatic hydroxyl groups excluding tert-OH is 1. The third-order valence-electron chi connectivity index (χ3n) is 4.97. The first kappa shape index (κ1) is 29.1. The highest BCUT2D eigenvalue weighted by molar-refractivity contribution is 5.75. The first-order valence-corrected chi connectivity index (χ1v) is 11.1. The van der Waals surface area contributed by atoms with E-state index in [1.807, 2.05) is 0 Å². The Labute approximate surface area is 173 Å². The van der Waals surface area contributed by atoms with Crippen LogP contribution in [0.15, 0.2) is 0 Å². The fourth-order valence-electron chi connectivity index (χ4n) is 2.58. The van der Waals surface area contributed by atoms with Crippen molar-refractivity contribution in [1.82, 2.24) is 5.32 Å². The number of hydrogen-bond donors (Lipinski definition) is 2. The monoisotopic (exact) mass is 402 g/mol. The second kappa shape index (κ2) is 19.2. The number of aliphatic hydroxyl groups is 1. The van der Waals surface area contributed by atoms with Crippen molar-refractivity contribution in [3.05, 3.63) is 0 Å². The number of unbranched alkanes of at least 4 members (excludes halogenated alkanes) is 8. The van der Waals surface area contributed by atoms with E-state index in [1.165, 1.54) is 51.4 Å². The van der Waals surface area contributed by atoms with Gasteiger partial charge in [-0.15, -0.1) is 0 Å². The molecule has 0 aliphatic carbocycles. The maximum Gasteiger partial charge on any atom is 0.219 e. The Morgan fingerprint density at radius 1 is 0.929 bits per heavy atom. The number of carbonyl (C=O) groups is 2. The Bertz CT molecular complexity index is 385. The number of carbonyl (C=O) groups excluding carboxylic acids is 2. The SMILES string of the molecule is CC(O)C(=O)[O-].CCCCCCCCCCCC(=O)NCCC[N+](C)(C)CC. The van der Waals surface area contributed by atoms with Crippen LogP contribution in [-0.2, 0) is 9.59 Å². The Balaban J connectivity index is 0. The van der Waals surface area contributed by atoms with Crippen molar-refractivity contribution in [1.29, 1.82) is 0 Å². The number of aliphatic carboxylic acids is 1. The van der Waals surface area contributed by atoms with Gasteiger partial charge >= 0.3 is 0 Å². The van der Waals surface area contributed by atoms with Gasteiger partial charge in [0, 0.05) is 19.4 Å². The molecule has 0 aromatic rings. The Hall–Kier alpha value is -1.14. The molecule has 1 unspecified atom stereocenters. The van der Waals surface area contributed by atoms with Crippen molar-refractivity contribution in [2.75, 3.05) is 33.7 Å². The van der Waals surface area contributed by atoms with Gasteiger partial charge in [-0.1, -0.05) is 58.3 Å². The van der Waals surface area contributed by atoms with Gasteiger partial charge in [-0.25, -0.2) is 0 Å². The highest BCUT2D eigenvalue weighted by Gasteiger charge is 2.10. The molecule has 6 nitrogen and oxygen atoms in total. The quantitative estimate of drug-likeness (QED) is 0.307. The minimum atomic E-state index is -1.44. The van der Waals surface area contributed by atoms with Gasteiger partial charge in [0.05, 0.1) is 39.3 Å². The zero-order chi connectivity index (χ0) is 21.8. The third kappa shape index (κ3) is 22.9. The second-order valence-electron chi connectivity index (χ2n) is 8.25. The molecule has 168 valence electrons. The molecule has 0 rings (SSSR count). The number of carboxylic acids is 1. The highest BCUT2D eigenvalue weighted by atomic mass is 16.4. The van der Waals surface area contributed by atoms with Crippen LogP contribution < -0.4 is 10.4 Å². The lowest BCUT2D eigenvalue weighted by molar-refractivity contribution is -0.888. The summed E-state index contributed by atoms with van der Waals surface area (Å²) < 4.78 is 1.04. The van der Waals surface area contributed by atoms with Gasteiger partial charge in [0.2, 0.25) is 5.91 Å². The van der Waals surface area contributed by atoms with Crippen LogP contribution in [0.3, 0.4) is 0 Å². The fourth-order valence-corrected chi connectivity index (χ4v) is 2.58. The van der Waals surface area contributed by atoms with Crippen LogP contribution in [0, 0.1) is 0 Å². The summed E-state index contributed by atoms with van der Waals surface area (Å²) in [5.74, 6) is -1.19. The van der Waals surface area contributed by atoms with Gasteiger partial charge < -0.3 is 24.8 Å². The van der Waals surface area contributed by atoms with E-state index in [1.54, 1.807) is 0 Å². The number of nitrogens with zero attached hydrogens (tertiary/aromatic N) is 1. The summed E-state index contributed by atoms with van der Waals surface area (Å²) in [5, 5.41) is 20.4. The maximum absolute atomic E-state index is 11.7. The first-order chi connectivity index (χ1) is 13.2. The van der Waals surface area contributed by atoms with Crippen molar-refractivity contribution in [3.8, 4) is 0 Å². The fraction of sp³-hybridized carbons (Fsp3) is 0.909. The highest BCUT2D eigenvalue weighted by Crippen LogP contribution is 2.10. The van der Waals surface area contributed by atoms with E-state index >= 15 is 0 Å². The van der Waals surface area contributed by atoms with Crippen LogP contribution >= 0.6 is 0 Å². The number of quaternary nitrogens is 1. The van der Waals surface area contributed by atoms with E-state index in [-0.39, 0.29) is 5.91 Å². The molecule has 0 aromatic carbocycles. The molecule has 0 fully saturated rings. The molecule has 0 saturated carbocycles. The van der Waals surface area contributed by atoms with Gasteiger partial charge in [-0.2, -0.15) is 0 Å². The maximum atomic E-state index is 11.7. The van der Waals surface area contributed by atoms with E-state index in [4.69, 9.17) is 5.11 Å². The summed E-state index contributed by atoms with van der Waals surface area (Å²) >= 11 is 0. The van der Waals surface area contributed by atoms with Crippen LogP contribution in [0.2, 0.25) is 0 Å². The van der Waals surface area contributed by atoms with Crippen LogP contribution in [0.1, 0.15) is 91.4 Å². The summed E-state index contributed by atoms with van der Waals surface area (Å²) in [6.45, 7) is 8.71. The van der Waals surface area contributed by atoms with Gasteiger partial charge in [0.15, 0.2) is 0 Å². The van der Waals surface area contributed by atoms with E-state index in [9.17, 15) is 14.7 Å². The average Bonchev–Trinajstić information content (AvgIpc) is 2.64. The summed E-state index contributed by atoms with van der Waals surface area (Å²) in [6, 6.07) is 0. The first-order valence-electron chi connectivity index (χ1n) is 11.1. The molecule has 0 radical (unpaired) electrons. The molecule has 1 amide bonds. The minimum absolute atomic E-state index is 0.241. The Kier molecular flexibility index (Phi) is 19.9. The summed E-state index contributed by atoms with van der Waals surface area (Å²) in [5.41, 5.74) is 0. The van der Waals surface area contributed by atoms with Gasteiger partial charge in [-0.05, 0) is 20.3 Å². The van der Waals surface area contributed by atoms with E-state index in [2.05, 4.69) is 33.3 Å². The Morgan fingerprint density at radius 3 is 1.82 bits per heavy atom. The molecule has 2 N–H and O–H groups in total. The van der Waals surface area contributed by atoms with Crippen LogP contribution in [0.5, 0.6) is 0 Å². The number of carboxylic acid groups (broad SMARTS) is 1. The van der Waals surface area contributed by atoms with Crippen molar-refractivity contribution in [3.63, 3.8) is 0 Å². The second-order valence-corrected chi connectivity index (χ2v) is 8.25. The van der Waals surface area contributed by atoms with E-state index < -0.39 is 12.1 Å². The lowest BCUT2D eigenvalue weighted by Crippen LogP contribution is -2.41. The number of nitrogens with one attached hydrogen (secondary N) is 1. The molecular formula is C22H46N2O4. The van der Waals surface area contributed by atoms with Gasteiger partial charge in [-0.3, -0.25) is 4.79 Å². The topological polar surface area (TPSA) is 89.5 Å². The molecule has 0 aromatic heterocycles. The molecule has 6 heteroatoms. The normalized spacial score (nSPS) is 12.1. The van der Waals surface area contributed by atoms with Gasteiger partial charge in [0.1, 0.15) is 0 Å². The average molecular weight is 403 g/mol. The smallest absolute Gasteiger partial charge is 0.219 e. The van der Waals surface area contributed by atoms with Crippen LogP contribution in [-0.4, -0.2) is 61.3 Å². The van der Waals surface area contributed by atoms with Crippen molar-refractivity contribution < 1.29 is 24.3 Å². The minimum Gasteiger partial charge on any atom is -0.547 e. The van der Waals surface area contributed by atoms with Crippen molar-refractivity contribution >= 4 is 11.9 Å². The lowest BCUT2D eigenvalue weighted by atomic mass is 10.1. The molecule has 0 aliphatic heterocycles. The third-order valence-corrected chi connectivity index (χ3v) is 4.97. The van der Waals surface area contributed by atoms with Crippen molar-refractivity contribution in [2.45, 2.75) is 97.5 Å². The molecule has 1 atom stereocenters. The number of rotatable bonds is 16. The van der Waals surface area contributed by atoms with Crippen molar-refractivity contribution in [2.24, 2.45) is 0 Å². The number of amides is 1. The standard InChI is InChI=1S/C19H40N2O.C3H6O3/c1-5-7-8-9-10-11-12-13-14-16-19(22)20-17-15-18-21(3,4)6-2;1-2(4)3(5)6/h5-18H2,1-4H3;2,4H,1H3,(H,5,6). The van der Waals surface area contributed by atoms with E-state index in [0.717, 1.165) is 43.9 Å². The molecule has 0 aliphatic rings. The van der Waals surface area contributed by atoms with Crippen LogP contribution in [0.25, 0.3) is 0 Å². The lowest BCUT2D eigenvalue weighted by Gasteiger charge is -2.28. The van der Waals surface area contributed by atoms with Gasteiger partial charge in [0.25, 0.3) is 0 Å². The summed E-state index contributed by atoms with van der Waals surface area (Å²) in [4.78, 5) is 21.1. The number of hydrogen-bond acceptors (Lipinski definition) is 4. The molecule has 0 spiro atoms. The predicted octanol–water partition coefficient (Wildman–Crippen LogP) is 2.63. The molecule has 0 saturated heterocycles. The Morgan fingerprint density at radius 2 is 1.39 bits per heavy atom. The largest absolute Gasteiger partial charge is 0.547 e. The summed E-state index contributed by atoms with van der Waals surface area (Å²) in [6.07, 6.45) is 12.2. The van der Waals surface area contributed by atoms with Crippen LogP contribution in [0.4, 0.5) is 0 Å². The zero-order valence-electron chi connectivity index (χ0n) is 19.1. The molecular weight excluding hydrogens is 356 g/mol. The molecule has 0 heterocycles. The summed E-state index contributed by atoms with van der Waals surface area (Å²) in [7, 11) is 4.48.